The Bertz CT molecular complexity index is 1370. The second-order valence-electron chi connectivity index (χ2n) is 9.69. The number of hydrogen-bond donors (Lipinski definition) is 1. The fourth-order valence-corrected chi connectivity index (χ4v) is 5.59. The highest BCUT2D eigenvalue weighted by Crippen LogP contribution is 2.34. The summed E-state index contributed by atoms with van der Waals surface area (Å²) in [5, 5.41) is 5.09. The Kier molecular flexibility index (Phi) is 6.46. The van der Waals surface area contributed by atoms with Gasteiger partial charge in [-0.2, -0.15) is 5.10 Å². The van der Waals surface area contributed by atoms with Crippen molar-refractivity contribution in [3.63, 3.8) is 0 Å². The van der Waals surface area contributed by atoms with E-state index < -0.39 is 0 Å². The number of carbonyl (C=O) groups is 1. The van der Waals surface area contributed by atoms with E-state index in [-0.39, 0.29) is 5.91 Å². The van der Waals surface area contributed by atoms with Gasteiger partial charge < -0.3 is 14.6 Å². The highest BCUT2D eigenvalue weighted by Gasteiger charge is 2.28. The standard InChI is InChI=1S/C27H29ClN6O2/c28-23-4-2-1-3-20(23)16-34-17-21(15-30-34)27(35)33-11-6-18(7-12-33)22-5-10-29-26-24(22)31-25(32-26)19-8-13-36-14-9-19/h1-5,10,15,17-19H,6-9,11-14,16H2,(H,29,31,32). The van der Waals surface area contributed by atoms with Gasteiger partial charge in [0.1, 0.15) is 5.82 Å². The molecule has 8 nitrogen and oxygen atoms in total. The summed E-state index contributed by atoms with van der Waals surface area (Å²) in [4.78, 5) is 28.0. The smallest absolute Gasteiger partial charge is 0.257 e. The van der Waals surface area contributed by atoms with Crippen LogP contribution in [0.15, 0.2) is 48.9 Å². The maximum atomic E-state index is 13.2. The third kappa shape index (κ3) is 4.63. The fourth-order valence-electron chi connectivity index (χ4n) is 5.39. The lowest BCUT2D eigenvalue weighted by Gasteiger charge is -2.32. The van der Waals surface area contributed by atoms with E-state index in [0.717, 1.165) is 61.4 Å². The van der Waals surface area contributed by atoms with Gasteiger partial charge in [0.2, 0.25) is 0 Å². The van der Waals surface area contributed by atoms with E-state index in [1.165, 1.54) is 5.56 Å². The van der Waals surface area contributed by atoms with Crippen LogP contribution in [0.1, 0.15) is 64.8 Å². The quantitative estimate of drug-likeness (QED) is 0.423. The van der Waals surface area contributed by atoms with Gasteiger partial charge >= 0.3 is 0 Å². The number of amides is 1. The van der Waals surface area contributed by atoms with Crippen molar-refractivity contribution in [3.8, 4) is 0 Å². The Balaban J connectivity index is 1.12. The molecule has 186 valence electrons. The number of halogens is 1. The topological polar surface area (TPSA) is 88.9 Å². The number of nitrogens with one attached hydrogen (secondary N) is 1. The predicted octanol–water partition coefficient (Wildman–Crippen LogP) is 4.77. The van der Waals surface area contributed by atoms with Gasteiger partial charge in [-0.25, -0.2) is 9.97 Å². The number of likely N-dealkylation sites (tertiary alicyclic amines) is 1. The normalized spacial score (nSPS) is 17.6. The monoisotopic (exact) mass is 504 g/mol. The van der Waals surface area contributed by atoms with Crippen LogP contribution in [-0.2, 0) is 11.3 Å². The van der Waals surface area contributed by atoms with Gasteiger partial charge in [-0.1, -0.05) is 29.8 Å². The van der Waals surface area contributed by atoms with E-state index in [1.54, 1.807) is 10.9 Å². The van der Waals surface area contributed by atoms with Gasteiger partial charge in [0.15, 0.2) is 5.65 Å². The number of piperidine rings is 1. The molecule has 2 saturated heterocycles. The number of H-pyrrole nitrogens is 1. The molecular formula is C27H29ClN6O2. The van der Waals surface area contributed by atoms with Crippen molar-refractivity contribution in [2.24, 2.45) is 0 Å². The molecule has 3 aromatic heterocycles. The molecular weight excluding hydrogens is 476 g/mol. The van der Waals surface area contributed by atoms with Gasteiger partial charge in [-0.15, -0.1) is 0 Å². The van der Waals surface area contributed by atoms with Crippen LogP contribution in [0.4, 0.5) is 0 Å². The number of benzene rings is 1. The van der Waals surface area contributed by atoms with Crippen LogP contribution in [0.2, 0.25) is 5.02 Å². The molecule has 0 spiro atoms. The molecule has 1 amide bonds. The third-order valence-electron chi connectivity index (χ3n) is 7.44. The molecule has 6 rings (SSSR count). The predicted molar refractivity (Wildman–Crippen MR) is 137 cm³/mol. The molecule has 4 aromatic rings. The Morgan fingerprint density at radius 1 is 1.08 bits per heavy atom. The van der Waals surface area contributed by atoms with E-state index in [4.69, 9.17) is 21.3 Å². The molecule has 0 radical (unpaired) electrons. The van der Waals surface area contributed by atoms with Crippen LogP contribution in [-0.4, -0.2) is 61.8 Å². The van der Waals surface area contributed by atoms with Crippen LogP contribution in [0, 0.1) is 0 Å². The summed E-state index contributed by atoms with van der Waals surface area (Å²) < 4.78 is 7.28. The van der Waals surface area contributed by atoms with E-state index >= 15 is 0 Å². The molecule has 2 aliphatic rings. The summed E-state index contributed by atoms with van der Waals surface area (Å²) >= 11 is 6.28. The fraction of sp³-hybridized carbons (Fsp3) is 0.407. The van der Waals surface area contributed by atoms with Gasteiger partial charge in [0.25, 0.3) is 5.91 Å². The van der Waals surface area contributed by atoms with E-state index in [1.807, 2.05) is 41.6 Å². The summed E-state index contributed by atoms with van der Waals surface area (Å²) in [6, 6.07) is 9.80. The van der Waals surface area contributed by atoms with Gasteiger partial charge in [0, 0.05) is 49.6 Å². The molecule has 0 saturated carbocycles. The largest absolute Gasteiger partial charge is 0.381 e. The zero-order valence-corrected chi connectivity index (χ0v) is 20.8. The maximum Gasteiger partial charge on any atom is 0.257 e. The second kappa shape index (κ2) is 10.0. The van der Waals surface area contributed by atoms with Crippen LogP contribution in [0.3, 0.4) is 0 Å². The van der Waals surface area contributed by atoms with Gasteiger partial charge in [-0.3, -0.25) is 9.48 Å². The summed E-state index contributed by atoms with van der Waals surface area (Å²) in [7, 11) is 0. The van der Waals surface area contributed by atoms with Gasteiger partial charge in [0.05, 0.1) is 23.8 Å². The Morgan fingerprint density at radius 3 is 2.69 bits per heavy atom. The maximum absolute atomic E-state index is 13.2. The zero-order chi connectivity index (χ0) is 24.5. The third-order valence-corrected chi connectivity index (χ3v) is 7.81. The SMILES string of the molecule is O=C(c1cnn(Cc2ccccc2Cl)c1)N1CCC(c2ccnc3nc(C4CCOCC4)[nH]c23)CC1. The van der Waals surface area contributed by atoms with Crippen molar-refractivity contribution in [3.05, 3.63) is 76.5 Å². The summed E-state index contributed by atoms with van der Waals surface area (Å²) in [6.07, 6.45) is 9.12. The lowest BCUT2D eigenvalue weighted by molar-refractivity contribution is 0.0713. The number of fused-ring (bicyclic) bond motifs is 1. The Hall–Kier alpha value is -3.23. The first-order valence-corrected chi connectivity index (χ1v) is 13.0. The summed E-state index contributed by atoms with van der Waals surface area (Å²) in [6.45, 7) is 3.53. The average Bonchev–Trinajstić information content (AvgIpc) is 3.58. The summed E-state index contributed by atoms with van der Waals surface area (Å²) in [5.41, 5.74) is 4.68. The number of rotatable bonds is 5. The molecule has 36 heavy (non-hydrogen) atoms. The molecule has 9 heteroatoms. The van der Waals surface area contributed by atoms with Crippen LogP contribution >= 0.6 is 11.6 Å². The number of hydrogen-bond acceptors (Lipinski definition) is 5. The number of imidazole rings is 1. The summed E-state index contributed by atoms with van der Waals surface area (Å²) in [5.74, 6) is 1.82. The highest BCUT2D eigenvalue weighted by molar-refractivity contribution is 6.31. The molecule has 1 aromatic carbocycles. The molecule has 0 bridgehead atoms. The molecule has 0 unspecified atom stereocenters. The first-order chi connectivity index (χ1) is 17.7. The minimum atomic E-state index is 0.0297. The van der Waals surface area contributed by atoms with Crippen molar-refractivity contribution in [2.75, 3.05) is 26.3 Å². The average molecular weight is 505 g/mol. The van der Waals surface area contributed by atoms with Crippen LogP contribution < -0.4 is 0 Å². The number of nitrogens with zero attached hydrogens (tertiary/aromatic N) is 5. The van der Waals surface area contributed by atoms with Crippen molar-refractivity contribution >= 4 is 28.7 Å². The minimum absolute atomic E-state index is 0.0297. The molecule has 1 N–H and O–H groups in total. The zero-order valence-electron chi connectivity index (χ0n) is 20.1. The van der Waals surface area contributed by atoms with E-state index in [0.29, 0.717) is 42.1 Å². The van der Waals surface area contributed by atoms with E-state index in [2.05, 4.69) is 21.1 Å². The van der Waals surface area contributed by atoms with Gasteiger partial charge in [-0.05, 0) is 54.9 Å². The van der Waals surface area contributed by atoms with Crippen molar-refractivity contribution in [2.45, 2.75) is 44.1 Å². The number of pyridine rings is 1. The highest BCUT2D eigenvalue weighted by atomic mass is 35.5. The lowest BCUT2D eigenvalue weighted by atomic mass is 9.89. The number of ether oxygens (including phenoxy) is 1. The number of carbonyl (C=O) groups excluding carboxylic acids is 1. The van der Waals surface area contributed by atoms with Crippen LogP contribution in [0.5, 0.6) is 0 Å². The number of aromatic nitrogens is 5. The lowest BCUT2D eigenvalue weighted by Crippen LogP contribution is -2.37. The first kappa shape index (κ1) is 23.2. The van der Waals surface area contributed by atoms with E-state index in [9.17, 15) is 4.79 Å². The van der Waals surface area contributed by atoms with Crippen molar-refractivity contribution < 1.29 is 9.53 Å². The first-order valence-electron chi connectivity index (χ1n) is 12.6. The molecule has 0 atom stereocenters. The van der Waals surface area contributed by atoms with Crippen molar-refractivity contribution in [1.29, 1.82) is 0 Å². The van der Waals surface area contributed by atoms with Crippen LogP contribution in [0.25, 0.3) is 11.2 Å². The second-order valence-corrected chi connectivity index (χ2v) is 10.1. The molecule has 0 aliphatic carbocycles. The minimum Gasteiger partial charge on any atom is -0.381 e. The Morgan fingerprint density at radius 2 is 1.89 bits per heavy atom. The Labute approximate surface area is 214 Å². The van der Waals surface area contributed by atoms with Crippen molar-refractivity contribution in [1.82, 2.24) is 29.6 Å². The molecule has 2 aliphatic heterocycles. The molecule has 5 heterocycles. The number of aromatic amines is 1. The molecule has 2 fully saturated rings.